The van der Waals surface area contributed by atoms with E-state index in [4.69, 9.17) is 14.2 Å². The molecule has 0 spiro atoms. The van der Waals surface area contributed by atoms with Crippen molar-refractivity contribution < 1.29 is 14.1 Å². The molecule has 2 aromatic heterocycles. The molecule has 5 rings (SSSR count). The van der Waals surface area contributed by atoms with E-state index in [9.17, 15) is 4.79 Å². The summed E-state index contributed by atoms with van der Waals surface area (Å²) in [5.41, 5.74) is 2.20. The number of anilines is 3. The van der Waals surface area contributed by atoms with Gasteiger partial charge in [0.1, 0.15) is 17.3 Å². The highest BCUT2D eigenvalue weighted by atomic mass is 16.5. The first-order valence-electron chi connectivity index (χ1n) is 10.9. The molecule has 0 unspecified atom stereocenters. The molecule has 1 aromatic carbocycles. The van der Waals surface area contributed by atoms with E-state index in [1.807, 2.05) is 42.2 Å². The summed E-state index contributed by atoms with van der Waals surface area (Å²) in [6.45, 7) is 4.44. The van der Waals surface area contributed by atoms with Gasteiger partial charge in [-0.25, -0.2) is 4.98 Å². The average molecular weight is 435 g/mol. The molecule has 1 aliphatic heterocycles. The van der Waals surface area contributed by atoms with Crippen LogP contribution in [0, 0.1) is 6.92 Å². The number of benzene rings is 1. The number of methoxy groups -OCH3 is 1. The predicted octanol–water partition coefficient (Wildman–Crippen LogP) is 3.37. The SMILES string of the molecule is COc1ccc(Nc2cc(C)nc(N3CCN(C(=O)c4cc(C5CC5)on4)CC3)n2)cc1. The highest BCUT2D eigenvalue weighted by Gasteiger charge is 2.31. The number of ether oxygens (including phenoxy) is 1. The molecular formula is C23H26N6O3. The lowest BCUT2D eigenvalue weighted by atomic mass is 10.2. The van der Waals surface area contributed by atoms with Crippen molar-refractivity contribution in [2.45, 2.75) is 25.7 Å². The van der Waals surface area contributed by atoms with Crippen molar-refractivity contribution in [3.05, 3.63) is 53.5 Å². The molecule has 1 saturated carbocycles. The van der Waals surface area contributed by atoms with Crippen LogP contribution < -0.4 is 15.0 Å². The molecule has 1 saturated heterocycles. The van der Waals surface area contributed by atoms with E-state index >= 15 is 0 Å². The maximum atomic E-state index is 12.8. The molecule has 2 aliphatic rings. The van der Waals surface area contributed by atoms with Gasteiger partial charge in [0, 0.05) is 55.6 Å². The molecule has 1 amide bonds. The van der Waals surface area contributed by atoms with Gasteiger partial charge in [0.2, 0.25) is 5.95 Å². The highest BCUT2D eigenvalue weighted by Crippen LogP contribution is 2.40. The van der Waals surface area contributed by atoms with E-state index < -0.39 is 0 Å². The number of amides is 1. The zero-order valence-corrected chi connectivity index (χ0v) is 18.2. The Hall–Kier alpha value is -3.62. The van der Waals surface area contributed by atoms with E-state index in [1.54, 1.807) is 13.2 Å². The predicted molar refractivity (Wildman–Crippen MR) is 120 cm³/mol. The molecule has 166 valence electrons. The smallest absolute Gasteiger partial charge is 0.276 e. The number of hydrogen-bond donors (Lipinski definition) is 1. The van der Waals surface area contributed by atoms with Gasteiger partial charge in [-0.3, -0.25) is 4.79 Å². The van der Waals surface area contributed by atoms with Crippen LogP contribution in [0.5, 0.6) is 5.75 Å². The van der Waals surface area contributed by atoms with Gasteiger partial charge in [0.05, 0.1) is 7.11 Å². The zero-order valence-electron chi connectivity index (χ0n) is 18.2. The Morgan fingerprint density at radius 1 is 1.09 bits per heavy atom. The zero-order chi connectivity index (χ0) is 22.1. The largest absolute Gasteiger partial charge is 0.497 e. The normalized spacial score (nSPS) is 16.2. The molecule has 32 heavy (non-hydrogen) atoms. The summed E-state index contributed by atoms with van der Waals surface area (Å²) in [6.07, 6.45) is 2.24. The third kappa shape index (κ3) is 4.37. The fraction of sp³-hybridized carbons (Fsp3) is 0.391. The Labute approximate surface area is 186 Å². The third-order valence-corrected chi connectivity index (χ3v) is 5.78. The van der Waals surface area contributed by atoms with Gasteiger partial charge >= 0.3 is 0 Å². The molecule has 0 atom stereocenters. The van der Waals surface area contributed by atoms with Gasteiger partial charge in [0.25, 0.3) is 5.91 Å². The highest BCUT2D eigenvalue weighted by molar-refractivity contribution is 5.92. The quantitative estimate of drug-likeness (QED) is 0.631. The molecule has 0 radical (unpaired) electrons. The van der Waals surface area contributed by atoms with Crippen molar-refractivity contribution in [1.82, 2.24) is 20.0 Å². The van der Waals surface area contributed by atoms with Gasteiger partial charge < -0.3 is 24.4 Å². The van der Waals surface area contributed by atoms with E-state index in [0.717, 1.165) is 41.6 Å². The summed E-state index contributed by atoms with van der Waals surface area (Å²) in [7, 11) is 1.65. The van der Waals surface area contributed by atoms with Crippen LogP contribution in [0.25, 0.3) is 0 Å². The maximum Gasteiger partial charge on any atom is 0.276 e. The second-order valence-electron chi connectivity index (χ2n) is 8.22. The van der Waals surface area contributed by atoms with Crippen LogP contribution in [-0.4, -0.2) is 59.2 Å². The van der Waals surface area contributed by atoms with Crippen molar-refractivity contribution >= 4 is 23.4 Å². The Morgan fingerprint density at radius 3 is 2.53 bits per heavy atom. The van der Waals surface area contributed by atoms with E-state index in [1.165, 1.54) is 0 Å². The van der Waals surface area contributed by atoms with Crippen LogP contribution in [0.15, 0.2) is 40.9 Å². The molecule has 1 N–H and O–H groups in total. The summed E-state index contributed by atoms with van der Waals surface area (Å²) in [5, 5.41) is 7.31. The minimum atomic E-state index is -0.0766. The van der Waals surface area contributed by atoms with Crippen molar-refractivity contribution in [3.8, 4) is 5.75 Å². The van der Waals surface area contributed by atoms with Crippen molar-refractivity contribution in [1.29, 1.82) is 0 Å². The number of nitrogens with one attached hydrogen (secondary N) is 1. The second-order valence-corrected chi connectivity index (χ2v) is 8.22. The number of nitrogens with zero attached hydrogens (tertiary/aromatic N) is 5. The molecule has 3 heterocycles. The number of carbonyl (C=O) groups excluding carboxylic acids is 1. The molecule has 0 bridgehead atoms. The summed E-state index contributed by atoms with van der Waals surface area (Å²) < 4.78 is 10.5. The molecule has 9 nitrogen and oxygen atoms in total. The van der Waals surface area contributed by atoms with Crippen LogP contribution in [-0.2, 0) is 0 Å². The van der Waals surface area contributed by atoms with Gasteiger partial charge in [-0.1, -0.05) is 5.16 Å². The third-order valence-electron chi connectivity index (χ3n) is 5.78. The second kappa shape index (κ2) is 8.49. The first-order chi connectivity index (χ1) is 15.6. The molecule has 9 heteroatoms. The first kappa shape index (κ1) is 20.3. The van der Waals surface area contributed by atoms with Gasteiger partial charge in [-0.05, 0) is 44.0 Å². The lowest BCUT2D eigenvalue weighted by Gasteiger charge is -2.34. The van der Waals surface area contributed by atoms with Crippen LogP contribution >= 0.6 is 0 Å². The number of rotatable bonds is 6. The fourth-order valence-corrected chi connectivity index (χ4v) is 3.80. The Bertz CT molecular complexity index is 1100. The van der Waals surface area contributed by atoms with E-state index in [-0.39, 0.29) is 5.91 Å². The van der Waals surface area contributed by atoms with Crippen LogP contribution in [0.2, 0.25) is 0 Å². The van der Waals surface area contributed by atoms with Gasteiger partial charge in [-0.2, -0.15) is 4.98 Å². The van der Waals surface area contributed by atoms with Crippen molar-refractivity contribution in [2.75, 3.05) is 43.5 Å². The Kier molecular flexibility index (Phi) is 5.38. The summed E-state index contributed by atoms with van der Waals surface area (Å²) in [6, 6.07) is 11.4. The first-order valence-corrected chi connectivity index (χ1v) is 10.9. The molecular weight excluding hydrogens is 408 g/mol. The summed E-state index contributed by atoms with van der Waals surface area (Å²) >= 11 is 0. The van der Waals surface area contributed by atoms with Gasteiger partial charge in [-0.15, -0.1) is 0 Å². The number of aryl methyl sites for hydroxylation is 1. The van der Waals surface area contributed by atoms with Crippen molar-refractivity contribution in [3.63, 3.8) is 0 Å². The van der Waals surface area contributed by atoms with E-state index in [2.05, 4.69) is 20.4 Å². The number of aromatic nitrogens is 3. The molecule has 2 fully saturated rings. The number of hydrogen-bond acceptors (Lipinski definition) is 8. The fourth-order valence-electron chi connectivity index (χ4n) is 3.80. The lowest BCUT2D eigenvalue weighted by Crippen LogP contribution is -2.49. The standard InChI is InChI=1S/C23H26N6O3/c1-15-13-21(25-17-5-7-18(31-2)8-6-17)26-23(24-15)29-11-9-28(10-12-29)22(30)19-14-20(32-27-19)16-3-4-16/h5-8,13-14,16H,3-4,9-12H2,1-2H3,(H,24,25,26). The number of piperazine rings is 1. The van der Waals surface area contributed by atoms with Crippen LogP contribution in [0.1, 0.15) is 40.7 Å². The van der Waals surface area contributed by atoms with Crippen LogP contribution in [0.4, 0.5) is 17.5 Å². The van der Waals surface area contributed by atoms with Crippen molar-refractivity contribution in [2.24, 2.45) is 0 Å². The number of carbonyl (C=O) groups is 1. The summed E-state index contributed by atoms with van der Waals surface area (Å²) in [4.78, 5) is 26.0. The minimum Gasteiger partial charge on any atom is -0.497 e. The van der Waals surface area contributed by atoms with Crippen LogP contribution in [0.3, 0.4) is 0 Å². The Balaban J connectivity index is 1.23. The lowest BCUT2D eigenvalue weighted by molar-refractivity contribution is 0.0735. The minimum absolute atomic E-state index is 0.0766. The molecule has 1 aliphatic carbocycles. The monoisotopic (exact) mass is 434 g/mol. The van der Waals surface area contributed by atoms with Gasteiger partial charge in [0.15, 0.2) is 5.69 Å². The average Bonchev–Trinajstić information content (AvgIpc) is 3.55. The summed E-state index contributed by atoms with van der Waals surface area (Å²) in [5.74, 6) is 3.39. The topological polar surface area (TPSA) is 96.6 Å². The Morgan fingerprint density at radius 2 is 1.84 bits per heavy atom. The molecule has 3 aromatic rings. The van der Waals surface area contributed by atoms with E-state index in [0.29, 0.717) is 43.7 Å². The maximum absolute atomic E-state index is 12.8.